The molecule has 0 radical (unpaired) electrons. The molecule has 0 bridgehead atoms. The third-order valence-corrected chi connectivity index (χ3v) is 0. The summed E-state index contributed by atoms with van der Waals surface area (Å²) in [5.41, 5.74) is 0. The summed E-state index contributed by atoms with van der Waals surface area (Å²) in [5, 5.41) is 0. The number of hydrogen-bond acceptors (Lipinski definition) is 3. The minimum atomic E-state index is -4.01. The van der Waals surface area contributed by atoms with Gasteiger partial charge in [-0.3, -0.25) is 0 Å². The zero-order valence-electron chi connectivity index (χ0n) is 2.60. The number of hydrogen-bond donors (Lipinski definition) is 0. The summed E-state index contributed by atoms with van der Waals surface area (Å²) in [4.78, 5) is 0. The molecular weight excluding hydrogens is 182 g/mol. The standard InChI is InChI=1S/IO3.Li/c2-1(3)4;/q-1;+1. The van der Waals surface area contributed by atoms with E-state index in [1.165, 1.54) is 0 Å². The van der Waals surface area contributed by atoms with E-state index < -0.39 is 21.1 Å². The second kappa shape index (κ2) is 5.21. The Morgan fingerprint density at radius 1 is 1.00 bits per heavy atom. The molecule has 0 aromatic heterocycles. The van der Waals surface area contributed by atoms with E-state index >= 15 is 0 Å². The van der Waals surface area contributed by atoms with Gasteiger partial charge < -0.3 is 10.3 Å². The second-order valence-electron chi connectivity index (χ2n) is 0.189. The Balaban J connectivity index is 0. The van der Waals surface area contributed by atoms with Gasteiger partial charge in [0.2, 0.25) is 0 Å². The van der Waals surface area contributed by atoms with Gasteiger partial charge in [0.25, 0.3) is 21.1 Å². The minimum Gasteiger partial charge on any atom is -0.427 e. The molecule has 0 aromatic rings. The molecule has 0 aliphatic carbocycles. The molecule has 0 fully saturated rings. The van der Waals surface area contributed by atoms with Gasteiger partial charge in [0.05, 0.1) is 0 Å². The molecule has 0 rings (SSSR count). The Kier molecular flexibility index (Phi) is 9.90. The summed E-state index contributed by atoms with van der Waals surface area (Å²) < 4.78 is 25.7. The molecule has 0 saturated carbocycles. The summed E-state index contributed by atoms with van der Waals surface area (Å²) in [6.07, 6.45) is 0. The molecule has 5 heavy (non-hydrogen) atoms. The van der Waals surface area contributed by atoms with Crippen molar-refractivity contribution in [1.29, 1.82) is 0 Å². The first-order valence-corrected chi connectivity index (χ1v) is 3.11. The maximum atomic E-state index is 8.57. The van der Waals surface area contributed by atoms with Gasteiger partial charge in [0.1, 0.15) is 0 Å². The molecule has 0 unspecified atom stereocenters. The van der Waals surface area contributed by atoms with Crippen molar-refractivity contribution in [2.75, 3.05) is 0 Å². The van der Waals surface area contributed by atoms with Crippen LogP contribution in [0.5, 0.6) is 0 Å². The van der Waals surface area contributed by atoms with Crippen LogP contribution in [-0.4, -0.2) is 0 Å². The van der Waals surface area contributed by atoms with E-state index in [9.17, 15) is 0 Å². The van der Waals surface area contributed by atoms with Crippen molar-refractivity contribution in [3.05, 3.63) is 0 Å². The second-order valence-corrected chi connectivity index (χ2v) is 1.27. The van der Waals surface area contributed by atoms with Crippen LogP contribution < -0.4 is 50.2 Å². The Bertz CT molecular complexity index is 11.6. The molecule has 0 amide bonds. The molecule has 0 saturated heterocycles. The van der Waals surface area contributed by atoms with Crippen LogP contribution in [0.4, 0.5) is 0 Å². The largest absolute Gasteiger partial charge is 1.00 e. The van der Waals surface area contributed by atoms with E-state index in [1.54, 1.807) is 0 Å². The van der Waals surface area contributed by atoms with E-state index in [-0.39, 0.29) is 18.9 Å². The zero-order valence-corrected chi connectivity index (χ0v) is 4.76. The average molecular weight is 182 g/mol. The van der Waals surface area contributed by atoms with Crippen molar-refractivity contribution in [3.8, 4) is 0 Å². The normalized spacial score (nSPS) is 7.20. The van der Waals surface area contributed by atoms with E-state index in [2.05, 4.69) is 0 Å². The molecule has 26 valence electrons. The molecule has 0 aliphatic heterocycles. The molecule has 0 heterocycles. The van der Waals surface area contributed by atoms with Crippen molar-refractivity contribution >= 4 is 0 Å². The van der Waals surface area contributed by atoms with Crippen LogP contribution in [0.15, 0.2) is 0 Å². The van der Waals surface area contributed by atoms with Gasteiger partial charge in [0.15, 0.2) is 0 Å². The first-order valence-electron chi connectivity index (χ1n) is 0.463. The van der Waals surface area contributed by atoms with E-state index in [4.69, 9.17) is 10.3 Å². The van der Waals surface area contributed by atoms with Crippen LogP contribution in [0, 0.1) is 0 Å². The maximum absolute atomic E-state index is 8.57. The third-order valence-electron chi connectivity index (χ3n) is 0. The fourth-order valence-corrected chi connectivity index (χ4v) is 0. The SMILES string of the molecule is [Li+].[O-][I+2]([O-])[O-]. The van der Waals surface area contributed by atoms with Crippen LogP contribution in [-0.2, 0) is 0 Å². The van der Waals surface area contributed by atoms with E-state index in [0.29, 0.717) is 0 Å². The quantitative estimate of drug-likeness (QED) is 0.276. The zero-order chi connectivity index (χ0) is 3.58. The predicted molar refractivity (Wildman–Crippen MR) is 0 cm³/mol. The van der Waals surface area contributed by atoms with Crippen LogP contribution in [0.25, 0.3) is 0 Å². The first-order chi connectivity index (χ1) is 1.73. The molecule has 0 aliphatic rings. The molecule has 0 aromatic carbocycles. The van der Waals surface area contributed by atoms with Gasteiger partial charge in [-0.2, -0.15) is 0 Å². The molecule has 0 atom stereocenters. The van der Waals surface area contributed by atoms with Crippen molar-refractivity contribution in [1.82, 2.24) is 0 Å². The topological polar surface area (TPSA) is 69.2 Å². The van der Waals surface area contributed by atoms with Crippen molar-refractivity contribution in [3.63, 3.8) is 0 Å². The van der Waals surface area contributed by atoms with Gasteiger partial charge in [-0.15, -0.1) is 0 Å². The Morgan fingerprint density at radius 3 is 1.00 bits per heavy atom. The summed E-state index contributed by atoms with van der Waals surface area (Å²) in [6, 6.07) is 0. The minimum absolute atomic E-state index is 0. The smallest absolute Gasteiger partial charge is 0.427 e. The van der Waals surface area contributed by atoms with Gasteiger partial charge in [-0.25, -0.2) is 0 Å². The van der Waals surface area contributed by atoms with Crippen molar-refractivity contribution < 1.29 is 50.2 Å². The van der Waals surface area contributed by atoms with Gasteiger partial charge in [-0.05, 0) is 0 Å². The van der Waals surface area contributed by atoms with Crippen LogP contribution >= 0.6 is 0 Å². The number of halogens is 1. The average Bonchev–Trinajstić information content (AvgIpc) is 0.811. The first kappa shape index (κ1) is 9.51. The van der Waals surface area contributed by atoms with Crippen molar-refractivity contribution in [2.24, 2.45) is 0 Å². The summed E-state index contributed by atoms with van der Waals surface area (Å²) in [7, 11) is 0. The summed E-state index contributed by atoms with van der Waals surface area (Å²) in [5.74, 6) is 0. The van der Waals surface area contributed by atoms with E-state index in [0.717, 1.165) is 0 Å². The maximum Gasteiger partial charge on any atom is 1.00 e. The predicted octanol–water partition coefficient (Wildman–Crippen LogP) is -9.56. The fraction of sp³-hybridized carbons (Fsp3) is 0. The van der Waals surface area contributed by atoms with Gasteiger partial charge in [-0.1, -0.05) is 0 Å². The fourth-order valence-electron chi connectivity index (χ4n) is 0. The summed E-state index contributed by atoms with van der Waals surface area (Å²) >= 11 is -4.01. The van der Waals surface area contributed by atoms with E-state index in [1.807, 2.05) is 0 Å². The third kappa shape index (κ3) is 36.7. The van der Waals surface area contributed by atoms with Gasteiger partial charge in [0, 0.05) is 0 Å². The Labute approximate surface area is 50.2 Å². The Morgan fingerprint density at radius 2 is 1.00 bits per heavy atom. The van der Waals surface area contributed by atoms with Crippen LogP contribution in [0.2, 0.25) is 0 Å². The molecular formula is ILiO3. The van der Waals surface area contributed by atoms with Crippen LogP contribution in [0.1, 0.15) is 0 Å². The molecule has 3 nitrogen and oxygen atoms in total. The Hall–Kier alpha value is 1.21. The molecule has 5 heteroatoms. The number of rotatable bonds is 0. The van der Waals surface area contributed by atoms with Gasteiger partial charge >= 0.3 is 18.9 Å². The molecule has 0 spiro atoms. The molecule has 0 N–H and O–H groups in total. The summed E-state index contributed by atoms with van der Waals surface area (Å²) in [6.45, 7) is 0. The van der Waals surface area contributed by atoms with Crippen LogP contribution in [0.3, 0.4) is 0 Å². The monoisotopic (exact) mass is 182 g/mol. The van der Waals surface area contributed by atoms with Crippen molar-refractivity contribution in [2.45, 2.75) is 0 Å².